The summed E-state index contributed by atoms with van der Waals surface area (Å²) in [6.07, 6.45) is 3.90. The zero-order chi connectivity index (χ0) is 12.1. The van der Waals surface area contributed by atoms with E-state index in [1.54, 1.807) is 4.90 Å². The number of allylic oxidation sites excluding steroid dienone is 1. The number of carbonyl (C=O) groups excluding carboxylic acids is 1. The zero-order valence-electron chi connectivity index (χ0n) is 9.90. The molecule has 0 unspecified atom stereocenters. The number of piperidine rings is 1. The first-order valence-electron chi connectivity index (χ1n) is 5.75. The minimum atomic E-state index is -0.743. The second kappa shape index (κ2) is 5.68. The van der Waals surface area contributed by atoms with Crippen molar-refractivity contribution in [2.75, 3.05) is 13.1 Å². The fraction of sp³-hybridized carbons (Fsp3) is 0.667. The van der Waals surface area contributed by atoms with Crippen LogP contribution in [0.25, 0.3) is 0 Å². The fourth-order valence-corrected chi connectivity index (χ4v) is 1.97. The normalized spacial score (nSPS) is 18.6. The first-order valence-corrected chi connectivity index (χ1v) is 5.75. The van der Waals surface area contributed by atoms with E-state index in [1.165, 1.54) is 0 Å². The average molecular weight is 225 g/mol. The molecule has 0 spiro atoms. The van der Waals surface area contributed by atoms with Crippen LogP contribution in [-0.4, -0.2) is 35.0 Å². The molecule has 0 aromatic heterocycles. The van der Waals surface area contributed by atoms with Crippen molar-refractivity contribution >= 4 is 11.9 Å². The molecule has 4 nitrogen and oxygen atoms in total. The second-order valence-corrected chi connectivity index (χ2v) is 4.20. The molecule has 1 fully saturated rings. The van der Waals surface area contributed by atoms with Crippen LogP contribution in [0, 0.1) is 5.92 Å². The van der Waals surface area contributed by atoms with Crippen LogP contribution < -0.4 is 0 Å². The summed E-state index contributed by atoms with van der Waals surface area (Å²) in [4.78, 5) is 24.4. The molecular weight excluding hydrogens is 206 g/mol. The van der Waals surface area contributed by atoms with E-state index in [0.717, 1.165) is 12.0 Å². The van der Waals surface area contributed by atoms with Gasteiger partial charge in [-0.05, 0) is 26.2 Å². The molecule has 4 heteroatoms. The smallest absolute Gasteiger partial charge is 0.306 e. The van der Waals surface area contributed by atoms with Crippen LogP contribution in [-0.2, 0) is 9.59 Å². The predicted octanol–water partition coefficient (Wildman–Crippen LogP) is 1.67. The molecule has 0 saturated carbocycles. The third kappa shape index (κ3) is 3.08. The highest BCUT2D eigenvalue weighted by molar-refractivity contribution is 5.92. The molecule has 1 heterocycles. The average Bonchev–Trinajstić information content (AvgIpc) is 2.28. The second-order valence-electron chi connectivity index (χ2n) is 4.20. The number of rotatable bonds is 3. The molecule has 0 atom stereocenters. The van der Waals surface area contributed by atoms with E-state index in [1.807, 2.05) is 19.9 Å². The van der Waals surface area contributed by atoms with Gasteiger partial charge in [-0.1, -0.05) is 13.0 Å². The SMILES string of the molecule is CC/C=C(/C)C(=O)N1CCC(C(=O)O)CC1. The minimum Gasteiger partial charge on any atom is -0.481 e. The molecule has 0 aromatic carbocycles. The molecule has 1 aliphatic rings. The van der Waals surface area contributed by atoms with Gasteiger partial charge in [0.05, 0.1) is 5.92 Å². The van der Waals surface area contributed by atoms with Gasteiger partial charge in [0.15, 0.2) is 0 Å². The van der Waals surface area contributed by atoms with Crippen molar-refractivity contribution in [3.05, 3.63) is 11.6 Å². The van der Waals surface area contributed by atoms with E-state index in [-0.39, 0.29) is 11.8 Å². The number of amides is 1. The van der Waals surface area contributed by atoms with Crippen LogP contribution in [0.3, 0.4) is 0 Å². The summed E-state index contributed by atoms with van der Waals surface area (Å²) in [7, 11) is 0. The Morgan fingerprint density at radius 2 is 1.94 bits per heavy atom. The third-order valence-electron chi connectivity index (χ3n) is 2.98. The van der Waals surface area contributed by atoms with E-state index in [2.05, 4.69) is 0 Å². The summed E-state index contributed by atoms with van der Waals surface area (Å²) in [6, 6.07) is 0. The number of carbonyl (C=O) groups is 2. The highest BCUT2D eigenvalue weighted by Crippen LogP contribution is 2.18. The highest BCUT2D eigenvalue weighted by Gasteiger charge is 2.27. The van der Waals surface area contributed by atoms with Crippen LogP contribution in [0.4, 0.5) is 0 Å². The topological polar surface area (TPSA) is 57.6 Å². The first-order chi connectivity index (χ1) is 7.56. The molecule has 1 saturated heterocycles. The fourth-order valence-electron chi connectivity index (χ4n) is 1.97. The van der Waals surface area contributed by atoms with Gasteiger partial charge in [-0.25, -0.2) is 0 Å². The van der Waals surface area contributed by atoms with Gasteiger partial charge in [0.1, 0.15) is 0 Å². The monoisotopic (exact) mass is 225 g/mol. The lowest BCUT2D eigenvalue weighted by molar-refractivity contribution is -0.145. The van der Waals surface area contributed by atoms with Gasteiger partial charge in [-0.15, -0.1) is 0 Å². The number of hydrogen-bond acceptors (Lipinski definition) is 2. The maximum absolute atomic E-state index is 11.9. The Kier molecular flexibility index (Phi) is 4.52. The van der Waals surface area contributed by atoms with Gasteiger partial charge in [0.25, 0.3) is 0 Å². The molecular formula is C12H19NO3. The summed E-state index contributed by atoms with van der Waals surface area (Å²) in [5, 5.41) is 8.84. The molecule has 90 valence electrons. The van der Waals surface area contributed by atoms with Crippen LogP contribution >= 0.6 is 0 Å². The van der Waals surface area contributed by atoms with E-state index >= 15 is 0 Å². The van der Waals surface area contributed by atoms with Gasteiger partial charge in [-0.2, -0.15) is 0 Å². The Bertz CT molecular complexity index is 301. The van der Waals surface area contributed by atoms with E-state index in [0.29, 0.717) is 25.9 Å². The lowest BCUT2D eigenvalue weighted by Crippen LogP contribution is -2.40. The number of carboxylic acid groups (broad SMARTS) is 1. The van der Waals surface area contributed by atoms with Crippen LogP contribution in [0.1, 0.15) is 33.1 Å². The summed E-state index contributed by atoms with van der Waals surface area (Å²) in [5.74, 6) is -0.974. The molecule has 0 radical (unpaired) electrons. The van der Waals surface area contributed by atoms with E-state index in [4.69, 9.17) is 5.11 Å². The maximum atomic E-state index is 11.9. The zero-order valence-corrected chi connectivity index (χ0v) is 9.90. The van der Waals surface area contributed by atoms with Gasteiger partial charge in [-0.3, -0.25) is 9.59 Å². The Morgan fingerprint density at radius 3 is 2.38 bits per heavy atom. The van der Waals surface area contributed by atoms with Crippen LogP contribution in [0.15, 0.2) is 11.6 Å². The molecule has 1 amide bonds. The molecule has 1 aliphatic heterocycles. The third-order valence-corrected chi connectivity index (χ3v) is 2.98. The maximum Gasteiger partial charge on any atom is 0.306 e. The summed E-state index contributed by atoms with van der Waals surface area (Å²) in [5.41, 5.74) is 0.760. The Balaban J connectivity index is 2.51. The quantitative estimate of drug-likeness (QED) is 0.743. The number of hydrogen-bond donors (Lipinski definition) is 1. The Hall–Kier alpha value is -1.32. The number of carboxylic acids is 1. The molecule has 1 rings (SSSR count). The van der Waals surface area contributed by atoms with E-state index in [9.17, 15) is 9.59 Å². The van der Waals surface area contributed by atoms with Gasteiger partial charge in [0, 0.05) is 18.7 Å². The minimum absolute atomic E-state index is 0.0469. The van der Waals surface area contributed by atoms with Crippen molar-refractivity contribution in [3.63, 3.8) is 0 Å². The number of aliphatic carboxylic acids is 1. The van der Waals surface area contributed by atoms with Crippen LogP contribution in [0.2, 0.25) is 0 Å². The lowest BCUT2D eigenvalue weighted by atomic mass is 9.96. The highest BCUT2D eigenvalue weighted by atomic mass is 16.4. The Labute approximate surface area is 95.9 Å². The summed E-state index contributed by atoms with van der Waals surface area (Å²) in [6.45, 7) is 4.93. The number of likely N-dealkylation sites (tertiary alicyclic amines) is 1. The van der Waals surface area contributed by atoms with Crippen molar-refractivity contribution in [2.45, 2.75) is 33.1 Å². The molecule has 1 N–H and O–H groups in total. The molecule has 16 heavy (non-hydrogen) atoms. The number of nitrogens with zero attached hydrogens (tertiary/aromatic N) is 1. The predicted molar refractivity (Wildman–Crippen MR) is 61.0 cm³/mol. The largest absolute Gasteiger partial charge is 0.481 e. The van der Waals surface area contributed by atoms with Crippen molar-refractivity contribution in [1.82, 2.24) is 4.90 Å². The van der Waals surface area contributed by atoms with Gasteiger partial charge in [0.2, 0.25) is 5.91 Å². The van der Waals surface area contributed by atoms with Crippen molar-refractivity contribution < 1.29 is 14.7 Å². The van der Waals surface area contributed by atoms with Crippen molar-refractivity contribution in [1.29, 1.82) is 0 Å². The first kappa shape index (κ1) is 12.7. The molecule has 0 aliphatic carbocycles. The standard InChI is InChI=1S/C12H19NO3/c1-3-4-9(2)11(14)13-7-5-10(6-8-13)12(15)16/h4,10H,3,5-8H2,1-2H3,(H,15,16)/b9-4-. The van der Waals surface area contributed by atoms with Gasteiger partial charge < -0.3 is 10.0 Å². The van der Waals surface area contributed by atoms with Gasteiger partial charge >= 0.3 is 5.97 Å². The summed E-state index contributed by atoms with van der Waals surface area (Å²) < 4.78 is 0. The van der Waals surface area contributed by atoms with E-state index < -0.39 is 5.97 Å². The molecule has 0 aromatic rings. The summed E-state index contributed by atoms with van der Waals surface area (Å²) >= 11 is 0. The van der Waals surface area contributed by atoms with Crippen molar-refractivity contribution in [2.24, 2.45) is 5.92 Å². The lowest BCUT2D eigenvalue weighted by Gasteiger charge is -2.30. The Morgan fingerprint density at radius 1 is 1.38 bits per heavy atom. The molecule has 0 bridgehead atoms. The van der Waals surface area contributed by atoms with Crippen LogP contribution in [0.5, 0.6) is 0 Å². The van der Waals surface area contributed by atoms with Crippen molar-refractivity contribution in [3.8, 4) is 0 Å².